The zero-order valence-corrected chi connectivity index (χ0v) is 11.2. The van der Waals surface area contributed by atoms with Crippen LogP contribution in [0.25, 0.3) is 0 Å². The number of benzene rings is 2. The second kappa shape index (κ2) is 4.89. The van der Waals surface area contributed by atoms with E-state index in [9.17, 15) is 4.79 Å². The van der Waals surface area contributed by atoms with Crippen molar-refractivity contribution in [3.05, 3.63) is 54.1 Å². The quantitative estimate of drug-likeness (QED) is 0.852. The Bertz CT molecular complexity index is 640. The Hall–Kier alpha value is -2.49. The normalized spacial score (nSPS) is 17.6. The highest BCUT2D eigenvalue weighted by Crippen LogP contribution is 2.36. The molecule has 1 atom stereocenters. The van der Waals surface area contributed by atoms with Gasteiger partial charge in [0.2, 0.25) is 0 Å². The van der Waals surface area contributed by atoms with Crippen molar-refractivity contribution in [2.24, 2.45) is 0 Å². The van der Waals surface area contributed by atoms with Gasteiger partial charge in [-0.3, -0.25) is 4.79 Å². The lowest BCUT2D eigenvalue weighted by molar-refractivity contribution is -0.125. The van der Waals surface area contributed by atoms with Gasteiger partial charge in [0.25, 0.3) is 5.91 Å². The number of hydrogen-bond acceptors (Lipinski definition) is 3. The Morgan fingerprint density at radius 3 is 2.70 bits per heavy atom. The Balaban J connectivity index is 1.99. The summed E-state index contributed by atoms with van der Waals surface area (Å²) in [5.41, 5.74) is 8.26. The Kier molecular flexibility index (Phi) is 3.06. The number of fused-ring (bicyclic) bond motifs is 1. The topological polar surface area (TPSA) is 55.6 Å². The minimum absolute atomic E-state index is 0.0360. The summed E-state index contributed by atoms with van der Waals surface area (Å²) in [5.74, 6) is 0.624. The molecule has 3 rings (SSSR count). The highest BCUT2D eigenvalue weighted by Gasteiger charge is 2.31. The van der Waals surface area contributed by atoms with Crippen LogP contribution < -0.4 is 15.4 Å². The van der Waals surface area contributed by atoms with Crippen LogP contribution in [0.3, 0.4) is 0 Å². The molecular formula is C16H16N2O2. The fourth-order valence-electron chi connectivity index (χ4n) is 2.36. The van der Waals surface area contributed by atoms with Gasteiger partial charge in [0.1, 0.15) is 5.75 Å². The van der Waals surface area contributed by atoms with E-state index in [4.69, 9.17) is 10.5 Å². The van der Waals surface area contributed by atoms with Crippen molar-refractivity contribution in [2.45, 2.75) is 19.6 Å². The molecule has 4 nitrogen and oxygen atoms in total. The lowest BCUT2D eigenvalue weighted by Gasteiger charge is -2.33. The average Bonchev–Trinajstić information content (AvgIpc) is 2.45. The molecule has 1 heterocycles. The molecule has 102 valence electrons. The maximum Gasteiger partial charge on any atom is 0.268 e. The molecule has 0 saturated carbocycles. The predicted octanol–water partition coefficient (Wildman–Crippen LogP) is 2.58. The molecule has 0 radical (unpaired) electrons. The number of nitrogen functional groups attached to an aromatic ring is 1. The van der Waals surface area contributed by atoms with E-state index in [-0.39, 0.29) is 5.91 Å². The van der Waals surface area contributed by atoms with Crippen LogP contribution in [0.1, 0.15) is 12.5 Å². The minimum atomic E-state index is -0.493. The van der Waals surface area contributed by atoms with Gasteiger partial charge in [-0.15, -0.1) is 0 Å². The Labute approximate surface area is 117 Å². The van der Waals surface area contributed by atoms with Gasteiger partial charge in [0, 0.05) is 11.8 Å². The number of anilines is 2. The van der Waals surface area contributed by atoms with Crippen molar-refractivity contribution in [2.75, 3.05) is 10.6 Å². The first-order chi connectivity index (χ1) is 9.65. The van der Waals surface area contributed by atoms with Gasteiger partial charge in [-0.1, -0.05) is 30.3 Å². The van der Waals surface area contributed by atoms with Gasteiger partial charge in [0.15, 0.2) is 6.10 Å². The van der Waals surface area contributed by atoms with Crippen LogP contribution in [-0.2, 0) is 11.3 Å². The second-order valence-corrected chi connectivity index (χ2v) is 4.90. The van der Waals surface area contributed by atoms with Crippen LogP contribution in [0.2, 0.25) is 0 Å². The van der Waals surface area contributed by atoms with Gasteiger partial charge in [-0.2, -0.15) is 0 Å². The average molecular weight is 268 g/mol. The van der Waals surface area contributed by atoms with E-state index in [2.05, 4.69) is 0 Å². The molecule has 1 amide bonds. The molecule has 0 fully saturated rings. The SMILES string of the molecule is CC1Oc2cc(N)ccc2N(Cc2ccccc2)C1=O. The molecule has 0 aromatic heterocycles. The van der Waals surface area contributed by atoms with Crippen LogP contribution >= 0.6 is 0 Å². The lowest BCUT2D eigenvalue weighted by atomic mass is 10.1. The monoisotopic (exact) mass is 268 g/mol. The molecule has 1 aliphatic rings. The highest BCUT2D eigenvalue weighted by molar-refractivity contribution is 6.00. The summed E-state index contributed by atoms with van der Waals surface area (Å²) in [4.78, 5) is 14.1. The lowest BCUT2D eigenvalue weighted by Crippen LogP contribution is -2.44. The molecule has 0 bridgehead atoms. The van der Waals surface area contributed by atoms with Gasteiger partial charge in [-0.25, -0.2) is 0 Å². The third-order valence-corrected chi connectivity index (χ3v) is 3.38. The largest absolute Gasteiger partial charge is 0.479 e. The second-order valence-electron chi connectivity index (χ2n) is 4.90. The van der Waals surface area contributed by atoms with Gasteiger partial charge >= 0.3 is 0 Å². The van der Waals surface area contributed by atoms with Crippen molar-refractivity contribution in [1.29, 1.82) is 0 Å². The molecule has 0 saturated heterocycles. The molecule has 20 heavy (non-hydrogen) atoms. The van der Waals surface area contributed by atoms with E-state index in [1.165, 1.54) is 0 Å². The van der Waals surface area contributed by atoms with E-state index in [0.29, 0.717) is 18.0 Å². The first kappa shape index (κ1) is 12.5. The molecular weight excluding hydrogens is 252 g/mol. The first-order valence-electron chi connectivity index (χ1n) is 6.56. The first-order valence-corrected chi connectivity index (χ1v) is 6.56. The molecule has 1 unspecified atom stereocenters. The highest BCUT2D eigenvalue weighted by atomic mass is 16.5. The van der Waals surface area contributed by atoms with E-state index in [1.807, 2.05) is 36.4 Å². The van der Waals surface area contributed by atoms with Crippen LogP contribution in [0.5, 0.6) is 5.75 Å². The fraction of sp³-hybridized carbons (Fsp3) is 0.188. The number of amides is 1. The molecule has 2 N–H and O–H groups in total. The molecule has 1 aliphatic heterocycles. The zero-order valence-electron chi connectivity index (χ0n) is 11.2. The predicted molar refractivity (Wildman–Crippen MR) is 78.6 cm³/mol. The number of carbonyl (C=O) groups excluding carboxylic acids is 1. The van der Waals surface area contributed by atoms with Gasteiger partial charge < -0.3 is 15.4 Å². The van der Waals surface area contributed by atoms with Crippen LogP contribution in [-0.4, -0.2) is 12.0 Å². The summed E-state index contributed by atoms with van der Waals surface area (Å²) < 4.78 is 5.62. The maximum absolute atomic E-state index is 12.3. The number of rotatable bonds is 2. The summed E-state index contributed by atoms with van der Waals surface area (Å²) in [6.45, 7) is 2.29. The van der Waals surface area contributed by atoms with Gasteiger partial charge in [0.05, 0.1) is 12.2 Å². The van der Waals surface area contributed by atoms with E-state index in [0.717, 1.165) is 11.3 Å². The third-order valence-electron chi connectivity index (χ3n) is 3.38. The standard InChI is InChI=1S/C16H16N2O2/c1-11-16(19)18(10-12-5-3-2-4-6-12)14-8-7-13(17)9-15(14)20-11/h2-9,11H,10,17H2,1H3. The maximum atomic E-state index is 12.3. The molecule has 2 aromatic rings. The van der Waals surface area contributed by atoms with Crippen molar-refractivity contribution in [1.82, 2.24) is 0 Å². The van der Waals surface area contributed by atoms with Crippen LogP contribution in [0, 0.1) is 0 Å². The smallest absolute Gasteiger partial charge is 0.268 e. The molecule has 0 aliphatic carbocycles. The molecule has 2 aromatic carbocycles. The number of nitrogens with two attached hydrogens (primary N) is 1. The van der Waals surface area contributed by atoms with E-state index >= 15 is 0 Å². The van der Waals surface area contributed by atoms with Crippen molar-refractivity contribution in [3.63, 3.8) is 0 Å². The number of hydrogen-bond donors (Lipinski definition) is 1. The Morgan fingerprint density at radius 1 is 1.20 bits per heavy atom. The fourth-order valence-corrected chi connectivity index (χ4v) is 2.36. The summed E-state index contributed by atoms with van der Waals surface area (Å²) in [6, 6.07) is 15.3. The van der Waals surface area contributed by atoms with Crippen LogP contribution in [0.15, 0.2) is 48.5 Å². The summed E-state index contributed by atoms with van der Waals surface area (Å²) in [6.07, 6.45) is -0.493. The Morgan fingerprint density at radius 2 is 1.95 bits per heavy atom. The van der Waals surface area contributed by atoms with Gasteiger partial charge in [-0.05, 0) is 24.6 Å². The van der Waals surface area contributed by atoms with Crippen molar-refractivity contribution < 1.29 is 9.53 Å². The third kappa shape index (κ3) is 2.20. The zero-order chi connectivity index (χ0) is 14.1. The summed E-state index contributed by atoms with van der Waals surface area (Å²) in [5, 5.41) is 0. The number of ether oxygens (including phenoxy) is 1. The molecule has 0 spiro atoms. The summed E-state index contributed by atoms with van der Waals surface area (Å²) >= 11 is 0. The van der Waals surface area contributed by atoms with E-state index in [1.54, 1.807) is 24.0 Å². The summed E-state index contributed by atoms with van der Waals surface area (Å²) in [7, 11) is 0. The van der Waals surface area contributed by atoms with Crippen LogP contribution in [0.4, 0.5) is 11.4 Å². The number of nitrogens with zero attached hydrogens (tertiary/aromatic N) is 1. The number of carbonyl (C=O) groups is 1. The minimum Gasteiger partial charge on any atom is -0.479 e. The van der Waals surface area contributed by atoms with Crippen molar-refractivity contribution >= 4 is 17.3 Å². The van der Waals surface area contributed by atoms with Crippen molar-refractivity contribution in [3.8, 4) is 5.75 Å². The van der Waals surface area contributed by atoms with E-state index < -0.39 is 6.10 Å². The molecule has 4 heteroatoms.